The number of rotatable bonds is 3. The number of alkyl halides is 3. The van der Waals surface area contributed by atoms with E-state index in [1.54, 1.807) is 0 Å². The van der Waals surface area contributed by atoms with Gasteiger partial charge in [-0.25, -0.2) is 4.39 Å². The minimum Gasteiger partial charge on any atom is -0.370 e. The molecule has 132 valence electrons. The van der Waals surface area contributed by atoms with E-state index < -0.39 is 23.5 Å². The van der Waals surface area contributed by atoms with E-state index in [-0.39, 0.29) is 11.3 Å². The number of benzene rings is 2. The predicted molar refractivity (Wildman–Crippen MR) is 87.2 cm³/mol. The summed E-state index contributed by atoms with van der Waals surface area (Å²) in [4.78, 5) is 14.2. The molecule has 3 rings (SSSR count). The van der Waals surface area contributed by atoms with Gasteiger partial charge in [-0.2, -0.15) is 13.2 Å². The van der Waals surface area contributed by atoms with Gasteiger partial charge in [0.05, 0.1) is 22.5 Å². The summed E-state index contributed by atoms with van der Waals surface area (Å²) < 4.78 is 52.8. The quantitative estimate of drug-likeness (QED) is 0.813. The van der Waals surface area contributed by atoms with Crippen LogP contribution in [0.5, 0.6) is 0 Å². The Bertz CT molecular complexity index is 783. The smallest absolute Gasteiger partial charge is 0.370 e. The Kier molecular flexibility index (Phi) is 4.65. The summed E-state index contributed by atoms with van der Waals surface area (Å²) in [6, 6.07) is 8.58. The van der Waals surface area contributed by atoms with Gasteiger partial charge in [0.1, 0.15) is 5.82 Å². The summed E-state index contributed by atoms with van der Waals surface area (Å²) >= 11 is 0. The number of nitrogens with zero attached hydrogens (tertiary/aromatic N) is 1. The molecule has 7 heteroatoms. The fourth-order valence-corrected chi connectivity index (χ4v) is 2.88. The van der Waals surface area contributed by atoms with Crippen LogP contribution in [0.1, 0.15) is 28.8 Å². The third-order valence-corrected chi connectivity index (χ3v) is 4.14. The lowest BCUT2D eigenvalue weighted by Gasteiger charge is -2.23. The van der Waals surface area contributed by atoms with Crippen molar-refractivity contribution in [3.05, 3.63) is 59.4 Å². The van der Waals surface area contributed by atoms with Crippen molar-refractivity contribution in [2.24, 2.45) is 0 Å². The molecule has 1 aliphatic rings. The zero-order valence-electron chi connectivity index (χ0n) is 13.2. The van der Waals surface area contributed by atoms with Gasteiger partial charge in [-0.1, -0.05) is 12.1 Å². The maximum atomic E-state index is 13.8. The fraction of sp³-hybridized carbons (Fsp3) is 0.278. The van der Waals surface area contributed by atoms with Crippen LogP contribution in [0.2, 0.25) is 0 Å². The van der Waals surface area contributed by atoms with Gasteiger partial charge in [-0.05, 0) is 43.2 Å². The second-order valence-electron chi connectivity index (χ2n) is 5.86. The molecule has 1 amide bonds. The molecule has 0 saturated carbocycles. The van der Waals surface area contributed by atoms with E-state index in [0.717, 1.165) is 31.0 Å². The Labute approximate surface area is 142 Å². The van der Waals surface area contributed by atoms with E-state index in [1.165, 1.54) is 24.3 Å². The third kappa shape index (κ3) is 3.75. The zero-order chi connectivity index (χ0) is 18.0. The molecule has 0 atom stereocenters. The molecule has 1 heterocycles. The summed E-state index contributed by atoms with van der Waals surface area (Å²) in [6.45, 7) is 1.40. The molecule has 0 radical (unpaired) electrons. The minimum absolute atomic E-state index is 0.0324. The predicted octanol–water partition coefficient (Wildman–Crippen LogP) is 4.70. The van der Waals surface area contributed by atoms with Gasteiger partial charge in [0.25, 0.3) is 5.91 Å². The van der Waals surface area contributed by atoms with Gasteiger partial charge in [0.15, 0.2) is 0 Å². The van der Waals surface area contributed by atoms with Crippen LogP contribution in [0.25, 0.3) is 0 Å². The lowest BCUT2D eigenvalue weighted by Crippen LogP contribution is -2.22. The standard InChI is InChI=1S/C18H16F4N2O/c19-14-6-2-1-5-13(14)17(25)23-15-11-12(18(20,21)22)7-8-16(15)24-9-3-4-10-24/h1-2,5-8,11H,3-4,9-10H2,(H,23,25). The van der Waals surface area contributed by atoms with Gasteiger partial charge >= 0.3 is 6.18 Å². The lowest BCUT2D eigenvalue weighted by molar-refractivity contribution is -0.137. The highest BCUT2D eigenvalue weighted by Crippen LogP contribution is 2.36. The fourth-order valence-electron chi connectivity index (χ4n) is 2.88. The van der Waals surface area contributed by atoms with Gasteiger partial charge in [-0.3, -0.25) is 4.79 Å². The first kappa shape index (κ1) is 17.3. The van der Waals surface area contributed by atoms with Crippen LogP contribution in [0.4, 0.5) is 28.9 Å². The van der Waals surface area contributed by atoms with Crippen molar-refractivity contribution in [3.63, 3.8) is 0 Å². The van der Waals surface area contributed by atoms with E-state index in [9.17, 15) is 22.4 Å². The molecular weight excluding hydrogens is 336 g/mol. The average molecular weight is 352 g/mol. The number of nitrogens with one attached hydrogen (secondary N) is 1. The number of carbonyl (C=O) groups is 1. The van der Waals surface area contributed by atoms with Crippen molar-refractivity contribution in [2.45, 2.75) is 19.0 Å². The van der Waals surface area contributed by atoms with Crippen LogP contribution in [0, 0.1) is 5.82 Å². The van der Waals surface area contributed by atoms with Crippen LogP contribution in [0.15, 0.2) is 42.5 Å². The first-order valence-corrected chi connectivity index (χ1v) is 7.88. The van der Waals surface area contributed by atoms with Crippen molar-refractivity contribution in [3.8, 4) is 0 Å². The topological polar surface area (TPSA) is 32.3 Å². The maximum Gasteiger partial charge on any atom is 0.416 e. The Morgan fingerprint density at radius 2 is 1.72 bits per heavy atom. The van der Waals surface area contributed by atoms with Gasteiger partial charge in [0.2, 0.25) is 0 Å². The largest absolute Gasteiger partial charge is 0.416 e. The second kappa shape index (κ2) is 6.74. The number of carbonyl (C=O) groups excluding carboxylic acids is 1. The molecule has 0 aliphatic carbocycles. The monoisotopic (exact) mass is 352 g/mol. The van der Waals surface area contributed by atoms with Crippen LogP contribution in [0.3, 0.4) is 0 Å². The number of anilines is 2. The highest BCUT2D eigenvalue weighted by Gasteiger charge is 2.32. The Hall–Kier alpha value is -2.57. The highest BCUT2D eigenvalue weighted by molar-refractivity contribution is 6.06. The van der Waals surface area contributed by atoms with Gasteiger partial charge in [0, 0.05) is 13.1 Å². The molecule has 0 bridgehead atoms. The number of halogens is 4. The Morgan fingerprint density at radius 3 is 2.36 bits per heavy atom. The van der Waals surface area contributed by atoms with Crippen molar-refractivity contribution < 1.29 is 22.4 Å². The molecule has 1 fully saturated rings. The van der Waals surface area contributed by atoms with Crippen LogP contribution in [-0.2, 0) is 6.18 Å². The average Bonchev–Trinajstić information content (AvgIpc) is 3.08. The molecule has 0 spiro atoms. The molecule has 1 aliphatic heterocycles. The van der Waals surface area contributed by atoms with E-state index in [4.69, 9.17) is 0 Å². The molecule has 0 unspecified atom stereocenters. The van der Waals surface area contributed by atoms with E-state index in [2.05, 4.69) is 5.32 Å². The number of hydrogen-bond acceptors (Lipinski definition) is 2. The Balaban J connectivity index is 1.97. The van der Waals surface area contributed by atoms with Gasteiger partial charge < -0.3 is 10.2 Å². The molecular formula is C18H16F4N2O. The van der Waals surface area contributed by atoms with E-state index in [0.29, 0.717) is 18.8 Å². The molecule has 25 heavy (non-hydrogen) atoms. The summed E-state index contributed by atoms with van der Waals surface area (Å²) in [5.74, 6) is -1.51. The van der Waals surface area contributed by atoms with Crippen LogP contribution < -0.4 is 10.2 Å². The maximum absolute atomic E-state index is 13.8. The van der Waals surface area contributed by atoms with Gasteiger partial charge in [-0.15, -0.1) is 0 Å². The van der Waals surface area contributed by atoms with Crippen molar-refractivity contribution >= 4 is 17.3 Å². The second-order valence-corrected chi connectivity index (χ2v) is 5.86. The lowest BCUT2D eigenvalue weighted by atomic mass is 10.1. The number of amides is 1. The highest BCUT2D eigenvalue weighted by atomic mass is 19.4. The molecule has 0 aromatic heterocycles. The number of hydrogen-bond donors (Lipinski definition) is 1. The van der Waals surface area contributed by atoms with E-state index in [1.807, 2.05) is 4.90 Å². The molecule has 2 aromatic rings. The first-order valence-electron chi connectivity index (χ1n) is 7.88. The SMILES string of the molecule is O=C(Nc1cc(C(F)(F)F)ccc1N1CCCC1)c1ccccc1F. The first-order chi connectivity index (χ1) is 11.9. The molecule has 3 nitrogen and oxygen atoms in total. The summed E-state index contributed by atoms with van der Waals surface area (Å²) in [5.41, 5.74) is -0.535. The van der Waals surface area contributed by atoms with Crippen molar-refractivity contribution in [2.75, 3.05) is 23.3 Å². The normalized spacial score (nSPS) is 14.6. The Morgan fingerprint density at radius 1 is 1.04 bits per heavy atom. The third-order valence-electron chi connectivity index (χ3n) is 4.14. The molecule has 1 saturated heterocycles. The van der Waals surface area contributed by atoms with E-state index >= 15 is 0 Å². The van der Waals surface area contributed by atoms with Crippen LogP contribution >= 0.6 is 0 Å². The minimum atomic E-state index is -4.53. The zero-order valence-corrected chi connectivity index (χ0v) is 13.2. The summed E-state index contributed by atoms with van der Waals surface area (Å²) in [6.07, 6.45) is -2.66. The van der Waals surface area contributed by atoms with Crippen molar-refractivity contribution in [1.29, 1.82) is 0 Å². The van der Waals surface area contributed by atoms with Crippen molar-refractivity contribution in [1.82, 2.24) is 0 Å². The molecule has 1 N–H and O–H groups in total. The van der Waals surface area contributed by atoms with Crippen LogP contribution in [-0.4, -0.2) is 19.0 Å². The summed E-state index contributed by atoms with van der Waals surface area (Å²) in [7, 11) is 0. The summed E-state index contributed by atoms with van der Waals surface area (Å²) in [5, 5.41) is 2.44. The molecule has 2 aromatic carbocycles.